The number of likely N-dealkylation sites (N-methyl/N-ethyl adjacent to an activating group) is 1. The number of ether oxygens (including phenoxy) is 1. The molecule has 3 heteroatoms. The van der Waals surface area contributed by atoms with Crippen LogP contribution in [0.15, 0.2) is 18.2 Å². The van der Waals surface area contributed by atoms with Gasteiger partial charge in [-0.1, -0.05) is 6.07 Å². The molecule has 1 aromatic carbocycles. The van der Waals surface area contributed by atoms with Crippen LogP contribution in [0.5, 0.6) is 5.75 Å². The Morgan fingerprint density at radius 3 is 2.93 bits per heavy atom. The number of hydrogen-bond acceptors (Lipinski definition) is 3. The Balaban J connectivity index is 2.70. The standard InChI is InChI=1S/C11H14N2O/c1-9-3-4-10(8-12)7-11(9)14-6-5-13-2/h3-4,7,13H,5-6H2,1-2H3. The normalized spacial score (nSPS) is 9.50. The van der Waals surface area contributed by atoms with E-state index >= 15 is 0 Å². The van der Waals surface area contributed by atoms with Crippen molar-refractivity contribution in [1.82, 2.24) is 5.32 Å². The lowest BCUT2D eigenvalue weighted by Crippen LogP contribution is -2.16. The van der Waals surface area contributed by atoms with E-state index in [0.29, 0.717) is 12.2 Å². The van der Waals surface area contributed by atoms with Crippen molar-refractivity contribution >= 4 is 0 Å². The Morgan fingerprint density at radius 2 is 2.29 bits per heavy atom. The molecule has 0 aliphatic carbocycles. The number of benzene rings is 1. The summed E-state index contributed by atoms with van der Waals surface area (Å²) in [5.74, 6) is 0.791. The van der Waals surface area contributed by atoms with Crippen molar-refractivity contribution in [2.24, 2.45) is 0 Å². The van der Waals surface area contributed by atoms with Gasteiger partial charge < -0.3 is 10.1 Å². The first-order chi connectivity index (χ1) is 6.77. The summed E-state index contributed by atoms with van der Waals surface area (Å²) in [4.78, 5) is 0. The molecule has 0 spiro atoms. The van der Waals surface area contributed by atoms with Crippen LogP contribution < -0.4 is 10.1 Å². The average Bonchev–Trinajstić information content (AvgIpc) is 2.21. The maximum absolute atomic E-state index is 8.71. The average molecular weight is 190 g/mol. The number of nitrogens with one attached hydrogen (secondary N) is 1. The van der Waals surface area contributed by atoms with Gasteiger partial charge in [0.15, 0.2) is 0 Å². The van der Waals surface area contributed by atoms with Crippen molar-refractivity contribution in [3.63, 3.8) is 0 Å². The number of hydrogen-bond donors (Lipinski definition) is 1. The molecule has 1 rings (SSSR count). The molecule has 74 valence electrons. The molecule has 0 fully saturated rings. The predicted octanol–water partition coefficient (Wildman–Crippen LogP) is 1.46. The van der Waals surface area contributed by atoms with E-state index < -0.39 is 0 Å². The highest BCUT2D eigenvalue weighted by atomic mass is 16.5. The van der Waals surface area contributed by atoms with Crippen molar-refractivity contribution in [2.75, 3.05) is 20.2 Å². The van der Waals surface area contributed by atoms with E-state index in [1.165, 1.54) is 0 Å². The highest BCUT2D eigenvalue weighted by Gasteiger charge is 2.00. The van der Waals surface area contributed by atoms with E-state index in [-0.39, 0.29) is 0 Å². The molecule has 0 saturated heterocycles. The van der Waals surface area contributed by atoms with Crippen LogP contribution in [0.3, 0.4) is 0 Å². The maximum atomic E-state index is 8.71. The van der Waals surface area contributed by atoms with Crippen LogP contribution in [0.2, 0.25) is 0 Å². The third-order valence-corrected chi connectivity index (χ3v) is 1.93. The van der Waals surface area contributed by atoms with Crippen LogP contribution in [0.1, 0.15) is 11.1 Å². The molecule has 0 aliphatic heterocycles. The minimum absolute atomic E-state index is 0.617. The van der Waals surface area contributed by atoms with Crippen molar-refractivity contribution in [3.05, 3.63) is 29.3 Å². The fourth-order valence-electron chi connectivity index (χ4n) is 1.09. The van der Waals surface area contributed by atoms with Gasteiger partial charge in [0, 0.05) is 6.54 Å². The highest BCUT2D eigenvalue weighted by Crippen LogP contribution is 2.18. The van der Waals surface area contributed by atoms with Gasteiger partial charge in [-0.2, -0.15) is 5.26 Å². The van der Waals surface area contributed by atoms with Crippen LogP contribution in [0, 0.1) is 18.3 Å². The van der Waals surface area contributed by atoms with Crippen LogP contribution in [-0.4, -0.2) is 20.2 Å². The molecular weight excluding hydrogens is 176 g/mol. The molecule has 0 saturated carbocycles. The molecular formula is C11H14N2O. The van der Waals surface area contributed by atoms with Crippen LogP contribution >= 0.6 is 0 Å². The molecule has 14 heavy (non-hydrogen) atoms. The lowest BCUT2D eigenvalue weighted by molar-refractivity contribution is 0.316. The molecule has 0 radical (unpaired) electrons. The quantitative estimate of drug-likeness (QED) is 0.731. The summed E-state index contributed by atoms with van der Waals surface area (Å²) in [5.41, 5.74) is 1.69. The van der Waals surface area contributed by atoms with E-state index in [1.807, 2.05) is 20.0 Å². The van der Waals surface area contributed by atoms with Crippen LogP contribution in [-0.2, 0) is 0 Å². The second-order valence-electron chi connectivity index (χ2n) is 3.04. The van der Waals surface area contributed by atoms with Crippen molar-refractivity contribution in [3.8, 4) is 11.8 Å². The van der Waals surface area contributed by atoms with E-state index in [0.717, 1.165) is 17.9 Å². The van der Waals surface area contributed by atoms with Crippen LogP contribution in [0.25, 0.3) is 0 Å². The van der Waals surface area contributed by atoms with Gasteiger partial charge in [0.2, 0.25) is 0 Å². The Kier molecular flexibility index (Phi) is 3.96. The van der Waals surface area contributed by atoms with Crippen molar-refractivity contribution < 1.29 is 4.74 Å². The van der Waals surface area contributed by atoms with Gasteiger partial charge in [0.25, 0.3) is 0 Å². The van der Waals surface area contributed by atoms with E-state index in [2.05, 4.69) is 11.4 Å². The molecule has 0 unspecified atom stereocenters. The monoisotopic (exact) mass is 190 g/mol. The number of rotatable bonds is 4. The minimum Gasteiger partial charge on any atom is -0.492 e. The molecule has 0 aliphatic rings. The van der Waals surface area contributed by atoms with Gasteiger partial charge >= 0.3 is 0 Å². The third-order valence-electron chi connectivity index (χ3n) is 1.93. The third kappa shape index (κ3) is 2.75. The Hall–Kier alpha value is -1.53. The molecule has 0 aromatic heterocycles. The summed E-state index contributed by atoms with van der Waals surface area (Å²) >= 11 is 0. The van der Waals surface area contributed by atoms with Crippen molar-refractivity contribution in [2.45, 2.75) is 6.92 Å². The van der Waals surface area contributed by atoms with Gasteiger partial charge in [-0.3, -0.25) is 0 Å². The molecule has 1 N–H and O–H groups in total. The molecule has 0 amide bonds. The van der Waals surface area contributed by atoms with Crippen molar-refractivity contribution in [1.29, 1.82) is 5.26 Å². The summed E-state index contributed by atoms with van der Waals surface area (Å²) in [6.07, 6.45) is 0. The minimum atomic E-state index is 0.617. The maximum Gasteiger partial charge on any atom is 0.123 e. The Bertz CT molecular complexity index is 342. The van der Waals surface area contributed by atoms with Gasteiger partial charge in [-0.15, -0.1) is 0 Å². The predicted molar refractivity (Wildman–Crippen MR) is 55.3 cm³/mol. The lowest BCUT2D eigenvalue weighted by Gasteiger charge is -2.08. The van der Waals surface area contributed by atoms with E-state index in [9.17, 15) is 0 Å². The fraction of sp³-hybridized carbons (Fsp3) is 0.364. The number of aryl methyl sites for hydroxylation is 1. The summed E-state index contributed by atoms with van der Waals surface area (Å²) in [6, 6.07) is 7.55. The lowest BCUT2D eigenvalue weighted by atomic mass is 10.1. The van der Waals surface area contributed by atoms with Crippen LogP contribution in [0.4, 0.5) is 0 Å². The molecule has 3 nitrogen and oxygen atoms in total. The molecule has 0 atom stereocenters. The van der Waals surface area contributed by atoms with Gasteiger partial charge in [-0.25, -0.2) is 0 Å². The second-order valence-corrected chi connectivity index (χ2v) is 3.04. The zero-order chi connectivity index (χ0) is 10.4. The molecule has 0 heterocycles. The summed E-state index contributed by atoms with van der Waals surface area (Å²) in [5, 5.41) is 11.7. The summed E-state index contributed by atoms with van der Waals surface area (Å²) < 4.78 is 5.51. The fourth-order valence-corrected chi connectivity index (χ4v) is 1.09. The topological polar surface area (TPSA) is 45.0 Å². The Morgan fingerprint density at radius 1 is 1.50 bits per heavy atom. The smallest absolute Gasteiger partial charge is 0.123 e. The van der Waals surface area contributed by atoms with Gasteiger partial charge in [0.1, 0.15) is 12.4 Å². The Labute approximate surface area is 84.3 Å². The highest BCUT2D eigenvalue weighted by molar-refractivity contribution is 5.41. The largest absolute Gasteiger partial charge is 0.492 e. The van der Waals surface area contributed by atoms with Gasteiger partial charge in [-0.05, 0) is 31.7 Å². The SMILES string of the molecule is CNCCOc1cc(C#N)ccc1C. The first-order valence-electron chi connectivity index (χ1n) is 4.56. The zero-order valence-corrected chi connectivity index (χ0v) is 8.50. The summed E-state index contributed by atoms with van der Waals surface area (Å²) in [6.45, 7) is 3.39. The molecule has 1 aromatic rings. The number of nitrogens with zero attached hydrogens (tertiary/aromatic N) is 1. The zero-order valence-electron chi connectivity index (χ0n) is 8.50. The van der Waals surface area contributed by atoms with Gasteiger partial charge in [0.05, 0.1) is 11.6 Å². The first-order valence-corrected chi connectivity index (χ1v) is 4.56. The van der Waals surface area contributed by atoms with E-state index in [1.54, 1.807) is 12.1 Å². The second kappa shape index (κ2) is 5.25. The first kappa shape index (κ1) is 10.6. The molecule has 0 bridgehead atoms. The van der Waals surface area contributed by atoms with E-state index in [4.69, 9.17) is 10.00 Å². The summed E-state index contributed by atoms with van der Waals surface area (Å²) in [7, 11) is 1.88. The number of nitriles is 1.